The number of nitrogens with zero attached hydrogens (tertiary/aromatic N) is 1. The topological polar surface area (TPSA) is 57.6 Å². The highest BCUT2D eigenvalue weighted by Gasteiger charge is 2.47. The van der Waals surface area contributed by atoms with E-state index in [-0.39, 0.29) is 23.5 Å². The van der Waals surface area contributed by atoms with Crippen LogP contribution in [-0.2, 0) is 16.0 Å². The maximum absolute atomic E-state index is 13.2. The maximum Gasteiger partial charge on any atom is 0.327 e. The predicted octanol–water partition coefficient (Wildman–Crippen LogP) is 2.13. The van der Waals surface area contributed by atoms with E-state index < -0.39 is 12.0 Å². The predicted molar refractivity (Wildman–Crippen MR) is 77.3 cm³/mol. The molecule has 112 valence electrons. The first-order valence-electron chi connectivity index (χ1n) is 6.96. The fourth-order valence-electron chi connectivity index (χ4n) is 2.69. The Hall–Kier alpha value is -1.56. The quantitative estimate of drug-likeness (QED) is 0.926. The van der Waals surface area contributed by atoms with Gasteiger partial charge in [0.1, 0.15) is 11.9 Å². The van der Waals surface area contributed by atoms with Gasteiger partial charge in [0.05, 0.1) is 11.8 Å². The van der Waals surface area contributed by atoms with Gasteiger partial charge < -0.3 is 10.0 Å². The van der Waals surface area contributed by atoms with Crippen molar-refractivity contribution in [2.24, 2.45) is 5.92 Å². The van der Waals surface area contributed by atoms with Crippen molar-refractivity contribution in [3.8, 4) is 0 Å². The molecule has 1 N–H and O–H groups in total. The van der Waals surface area contributed by atoms with Crippen molar-refractivity contribution < 1.29 is 19.1 Å². The molecule has 1 aliphatic carbocycles. The van der Waals surface area contributed by atoms with E-state index in [0.717, 1.165) is 12.8 Å². The number of thioether (sulfide) groups is 1. The van der Waals surface area contributed by atoms with Crippen molar-refractivity contribution in [1.82, 2.24) is 4.90 Å². The Bertz CT molecular complexity index is 576. The molecule has 0 spiro atoms. The molecule has 6 heteroatoms. The number of carbonyl (C=O) groups excluding carboxylic acids is 1. The van der Waals surface area contributed by atoms with E-state index in [1.54, 1.807) is 23.9 Å². The number of hydrogen-bond donors (Lipinski definition) is 1. The Labute approximate surface area is 126 Å². The number of benzene rings is 1. The highest BCUT2D eigenvalue weighted by Crippen LogP contribution is 2.45. The van der Waals surface area contributed by atoms with Crippen LogP contribution in [0.2, 0.25) is 0 Å². The van der Waals surface area contributed by atoms with E-state index in [9.17, 15) is 19.1 Å². The lowest BCUT2D eigenvalue weighted by molar-refractivity contribution is -0.149. The monoisotopic (exact) mass is 309 g/mol. The van der Waals surface area contributed by atoms with Crippen LogP contribution in [0, 0.1) is 11.7 Å². The summed E-state index contributed by atoms with van der Waals surface area (Å²) < 4.78 is 13.2. The Morgan fingerprint density at radius 1 is 1.38 bits per heavy atom. The lowest BCUT2D eigenvalue weighted by atomic mass is 10.1. The molecule has 2 fully saturated rings. The molecule has 3 rings (SSSR count). The Morgan fingerprint density at radius 3 is 2.76 bits per heavy atom. The zero-order chi connectivity index (χ0) is 15.0. The van der Waals surface area contributed by atoms with E-state index in [1.165, 1.54) is 17.0 Å². The van der Waals surface area contributed by atoms with Gasteiger partial charge in [0.15, 0.2) is 0 Å². The Balaban J connectivity index is 1.77. The van der Waals surface area contributed by atoms with Gasteiger partial charge in [-0.3, -0.25) is 4.79 Å². The Morgan fingerprint density at radius 2 is 2.14 bits per heavy atom. The average molecular weight is 309 g/mol. The van der Waals surface area contributed by atoms with Crippen LogP contribution in [0.15, 0.2) is 24.3 Å². The molecule has 4 nitrogen and oxygen atoms in total. The van der Waals surface area contributed by atoms with Crippen LogP contribution >= 0.6 is 11.8 Å². The number of rotatable bonds is 4. The van der Waals surface area contributed by atoms with Crippen molar-refractivity contribution in [1.29, 1.82) is 0 Å². The molecule has 1 amide bonds. The molecule has 1 heterocycles. The lowest BCUT2D eigenvalue weighted by Crippen LogP contribution is -2.47. The van der Waals surface area contributed by atoms with Crippen molar-refractivity contribution in [2.45, 2.75) is 30.7 Å². The molecule has 1 aliphatic heterocycles. The standard InChI is InChI=1S/C15H16FNO3S/c16-11-3-1-2-9(6-11)7-13(18)17-12(15(19)20)8-21-14(17)10-4-5-10/h1-3,6,10,12,14H,4-5,7-8H2,(H,19,20). The molecule has 1 aromatic carbocycles. The SMILES string of the molecule is O=C(O)C1CSC(C2CC2)N1C(=O)Cc1cccc(F)c1. The van der Waals surface area contributed by atoms with Crippen LogP contribution in [0.5, 0.6) is 0 Å². The van der Waals surface area contributed by atoms with Crippen molar-refractivity contribution in [2.75, 3.05) is 5.75 Å². The molecule has 0 radical (unpaired) electrons. The normalized spacial score (nSPS) is 25.1. The molecule has 2 atom stereocenters. The number of carboxylic acid groups (broad SMARTS) is 1. The minimum Gasteiger partial charge on any atom is -0.480 e. The number of carboxylic acids is 1. The van der Waals surface area contributed by atoms with Crippen molar-refractivity contribution in [3.05, 3.63) is 35.6 Å². The summed E-state index contributed by atoms with van der Waals surface area (Å²) in [5.74, 6) is -0.723. The summed E-state index contributed by atoms with van der Waals surface area (Å²) in [5, 5.41) is 9.26. The van der Waals surface area contributed by atoms with Gasteiger partial charge in [0.25, 0.3) is 0 Å². The van der Waals surface area contributed by atoms with Gasteiger partial charge in [-0.25, -0.2) is 9.18 Å². The third kappa shape index (κ3) is 3.05. The second kappa shape index (κ2) is 5.67. The second-order valence-corrected chi connectivity index (χ2v) is 6.67. The summed E-state index contributed by atoms with van der Waals surface area (Å²) >= 11 is 1.55. The molecular formula is C15H16FNO3S. The van der Waals surface area contributed by atoms with E-state index >= 15 is 0 Å². The molecular weight excluding hydrogens is 293 g/mol. The number of carbonyl (C=O) groups is 2. The first kappa shape index (κ1) is 14.4. The second-order valence-electron chi connectivity index (χ2n) is 5.52. The number of halogens is 1. The van der Waals surface area contributed by atoms with E-state index in [2.05, 4.69) is 0 Å². The van der Waals surface area contributed by atoms with Crippen LogP contribution < -0.4 is 0 Å². The summed E-state index contributed by atoms with van der Waals surface area (Å²) in [4.78, 5) is 25.4. The summed E-state index contributed by atoms with van der Waals surface area (Å²) in [5.41, 5.74) is 0.579. The van der Waals surface area contributed by atoms with Gasteiger partial charge in [-0.1, -0.05) is 12.1 Å². The third-order valence-corrected chi connectivity index (χ3v) is 5.34. The first-order valence-corrected chi connectivity index (χ1v) is 8.01. The van der Waals surface area contributed by atoms with Crippen LogP contribution in [-0.4, -0.2) is 39.1 Å². The largest absolute Gasteiger partial charge is 0.480 e. The molecule has 21 heavy (non-hydrogen) atoms. The molecule has 1 aromatic rings. The molecule has 0 aromatic heterocycles. The van der Waals surface area contributed by atoms with Gasteiger partial charge in [-0.05, 0) is 36.5 Å². The first-order chi connectivity index (χ1) is 10.1. The van der Waals surface area contributed by atoms with E-state index in [1.807, 2.05) is 0 Å². The van der Waals surface area contributed by atoms with Crippen molar-refractivity contribution in [3.63, 3.8) is 0 Å². The minimum atomic E-state index is -0.960. The van der Waals surface area contributed by atoms with Gasteiger partial charge in [-0.15, -0.1) is 11.8 Å². The Kier molecular flexibility index (Phi) is 3.89. The third-order valence-electron chi connectivity index (χ3n) is 3.88. The van der Waals surface area contributed by atoms with Gasteiger partial charge in [-0.2, -0.15) is 0 Å². The van der Waals surface area contributed by atoms with Gasteiger partial charge >= 0.3 is 5.97 Å². The van der Waals surface area contributed by atoms with Crippen molar-refractivity contribution >= 4 is 23.6 Å². The summed E-state index contributed by atoms with van der Waals surface area (Å²) in [6, 6.07) is 5.13. The molecule has 2 unspecified atom stereocenters. The molecule has 2 aliphatic rings. The highest BCUT2D eigenvalue weighted by molar-refractivity contribution is 8.00. The zero-order valence-corrected chi connectivity index (χ0v) is 12.2. The summed E-state index contributed by atoms with van der Waals surface area (Å²) in [6.45, 7) is 0. The fraction of sp³-hybridized carbons (Fsp3) is 0.467. The number of hydrogen-bond acceptors (Lipinski definition) is 3. The fourth-order valence-corrected chi connectivity index (χ4v) is 4.34. The molecule has 1 saturated heterocycles. The summed E-state index contributed by atoms with van der Waals surface area (Å²) in [6.07, 6.45) is 2.15. The van der Waals surface area contributed by atoms with Gasteiger partial charge in [0, 0.05) is 5.75 Å². The summed E-state index contributed by atoms with van der Waals surface area (Å²) in [7, 11) is 0. The van der Waals surface area contributed by atoms with Crippen LogP contribution in [0.4, 0.5) is 4.39 Å². The van der Waals surface area contributed by atoms with Gasteiger partial charge in [0.2, 0.25) is 5.91 Å². The highest BCUT2D eigenvalue weighted by atomic mass is 32.2. The van der Waals surface area contributed by atoms with E-state index in [0.29, 0.717) is 17.2 Å². The van der Waals surface area contributed by atoms with Crippen LogP contribution in [0.3, 0.4) is 0 Å². The minimum absolute atomic E-state index is 0.0350. The number of amides is 1. The van der Waals surface area contributed by atoms with Crippen LogP contribution in [0.25, 0.3) is 0 Å². The molecule has 0 bridgehead atoms. The smallest absolute Gasteiger partial charge is 0.327 e. The maximum atomic E-state index is 13.2. The average Bonchev–Trinajstić information content (AvgIpc) is 3.16. The van der Waals surface area contributed by atoms with Crippen LogP contribution in [0.1, 0.15) is 18.4 Å². The van der Waals surface area contributed by atoms with E-state index in [4.69, 9.17) is 0 Å². The lowest BCUT2D eigenvalue weighted by Gasteiger charge is -2.27. The molecule has 1 saturated carbocycles. The number of aliphatic carboxylic acids is 1. The zero-order valence-electron chi connectivity index (χ0n) is 11.4.